The van der Waals surface area contributed by atoms with Gasteiger partial charge in [-0.25, -0.2) is 8.78 Å². The van der Waals surface area contributed by atoms with Crippen LogP contribution in [0.1, 0.15) is 127 Å². The molecule has 127 heavy (non-hydrogen) atoms. The number of aliphatic hydroxyl groups is 2. The van der Waals surface area contributed by atoms with E-state index >= 15 is 28.8 Å². The predicted octanol–water partition coefficient (Wildman–Crippen LogP) is 3.08. The molecule has 15 N–H and O–H groups in total. The van der Waals surface area contributed by atoms with E-state index < -0.39 is 205 Å². The van der Waals surface area contributed by atoms with E-state index in [0.29, 0.717) is 46.0 Å². The highest BCUT2D eigenvalue weighted by atomic mass is 32.2. The number of hydrogen-bond acceptors (Lipinski definition) is 20. The number of nitrogens with one attached hydrogen (secondary N) is 7. The Balaban J connectivity index is 0.982. The van der Waals surface area contributed by atoms with Gasteiger partial charge in [-0.3, -0.25) is 67.1 Å². The average Bonchev–Trinajstić information content (AvgIpc) is 1.72. The Kier molecular flexibility index (Phi) is 38.0. The third-order valence-electron chi connectivity index (χ3n) is 22.8. The lowest BCUT2D eigenvalue weighted by Gasteiger charge is -2.37. The molecule has 0 bridgehead atoms. The zero-order valence-corrected chi connectivity index (χ0v) is 73.4. The number of carboxylic acids is 1. The molecule has 5 aromatic carbocycles. The van der Waals surface area contributed by atoms with E-state index in [-0.39, 0.29) is 118 Å². The second kappa shape index (κ2) is 48.1. The fourth-order valence-electron chi connectivity index (χ4n) is 15.7. The molecule has 8 rings (SSSR count). The third kappa shape index (κ3) is 29.0. The summed E-state index contributed by atoms with van der Waals surface area (Å²) in [6.07, 6.45) is -3.26. The molecule has 0 saturated carbocycles. The summed E-state index contributed by atoms with van der Waals surface area (Å²) in [5.41, 5.74) is 14.9. The number of carbonyl (C=O) groups excluding carboxylic acids is 14. The molecule has 2 saturated heterocycles. The number of nitrogens with zero attached hydrogens (tertiary/aromatic N) is 5. The van der Waals surface area contributed by atoms with Crippen molar-refractivity contribution < 1.29 is 101 Å². The number of thioether (sulfide) groups is 1. The van der Waals surface area contributed by atoms with Crippen molar-refractivity contribution in [2.24, 2.45) is 29.2 Å². The van der Waals surface area contributed by atoms with Crippen LogP contribution in [0, 0.1) is 29.4 Å². The van der Waals surface area contributed by atoms with Gasteiger partial charge in [-0.1, -0.05) is 145 Å². The Bertz CT molecular complexity index is 4840. The molecule has 2 fully saturated rings. The summed E-state index contributed by atoms with van der Waals surface area (Å²) in [5, 5.41) is 58.7. The summed E-state index contributed by atoms with van der Waals surface area (Å²) in [6.45, 7) is 8.06. The Morgan fingerprint density at radius 2 is 1.13 bits per heavy atom. The van der Waals surface area contributed by atoms with Gasteiger partial charge in [-0.15, -0.1) is 0 Å². The highest BCUT2D eigenvalue weighted by Gasteiger charge is 2.47. The maximum atomic E-state index is 15.3. The number of carboxylic acid groups (broad SMARTS) is 1. The van der Waals surface area contributed by atoms with Gasteiger partial charge in [0, 0.05) is 121 Å². The lowest BCUT2D eigenvalue weighted by atomic mass is 9.89. The number of aromatic hydroxyl groups is 1. The highest BCUT2D eigenvalue weighted by molar-refractivity contribution is 7.99. The van der Waals surface area contributed by atoms with Crippen LogP contribution in [0.2, 0.25) is 0 Å². The fourth-order valence-corrected chi connectivity index (χ4v) is 16.4. The van der Waals surface area contributed by atoms with Gasteiger partial charge in [0.2, 0.25) is 70.9 Å². The van der Waals surface area contributed by atoms with Gasteiger partial charge < -0.3 is 98.1 Å². The first-order valence-corrected chi connectivity index (χ1v) is 43.7. The molecule has 14 atom stereocenters. The molecule has 0 spiro atoms. The summed E-state index contributed by atoms with van der Waals surface area (Å²) in [7, 11) is 4.08. The van der Waals surface area contributed by atoms with Gasteiger partial charge in [0.05, 0.1) is 42.5 Å². The van der Waals surface area contributed by atoms with E-state index in [2.05, 4.69) is 36.9 Å². The number of aromatic amines is 1. The number of para-hydroxylation sites is 1. The third-order valence-corrected chi connectivity index (χ3v) is 23.8. The number of likely N-dealkylation sites (N-methyl/N-ethyl adjacent to an activating group) is 3. The molecule has 6 aromatic rings. The van der Waals surface area contributed by atoms with Crippen molar-refractivity contribution in [1.29, 1.82) is 0 Å². The molecule has 0 radical (unpaired) electrons. The summed E-state index contributed by atoms with van der Waals surface area (Å²) >= 11 is 1.01. The second-order valence-corrected chi connectivity index (χ2v) is 34.5. The summed E-state index contributed by atoms with van der Waals surface area (Å²) in [5.74, 6) is -16.3. The number of carbonyl (C=O) groups is 15. The van der Waals surface area contributed by atoms with Gasteiger partial charge in [0.1, 0.15) is 60.4 Å². The van der Waals surface area contributed by atoms with Gasteiger partial charge in [0.15, 0.2) is 17.4 Å². The number of fused-ring (bicyclic) bond motifs is 1. The zero-order chi connectivity index (χ0) is 93.0. The summed E-state index contributed by atoms with van der Waals surface area (Å²) in [6, 6.07) is 18.0. The van der Waals surface area contributed by atoms with Crippen molar-refractivity contribution in [1.82, 2.24) is 61.4 Å². The number of hydrogen-bond donors (Lipinski definition) is 13. The van der Waals surface area contributed by atoms with Gasteiger partial charge in [0.25, 0.3) is 0 Å². The Hall–Kier alpha value is -12.0. The van der Waals surface area contributed by atoms with Crippen molar-refractivity contribution in [3.8, 4) is 5.75 Å². The van der Waals surface area contributed by atoms with Crippen molar-refractivity contribution in [3.05, 3.63) is 173 Å². The number of ketones is 1. The Labute approximate surface area is 740 Å². The number of phenols is 1. The zero-order valence-electron chi connectivity index (χ0n) is 72.6. The molecule has 0 aliphatic carbocycles. The van der Waals surface area contributed by atoms with Crippen LogP contribution in [0.15, 0.2) is 134 Å². The smallest absolute Gasteiger partial charge is 0.305 e. The number of H-pyrrole nitrogens is 1. The molecule has 12 amide bonds. The first-order chi connectivity index (χ1) is 60.4. The molecule has 3 heterocycles. The van der Waals surface area contributed by atoms with Crippen molar-refractivity contribution in [2.75, 3.05) is 52.3 Å². The number of amides is 12. The number of primary amides is 1. The van der Waals surface area contributed by atoms with Crippen molar-refractivity contribution >= 4 is 112 Å². The Morgan fingerprint density at radius 1 is 0.591 bits per heavy atom. The van der Waals surface area contributed by atoms with E-state index in [0.717, 1.165) is 43.5 Å². The number of β-amino-alcohol motifs (C(OH)–C–C–N with tert-alkyl or cyclic N) is 2. The molecule has 1 aromatic heterocycles. The summed E-state index contributed by atoms with van der Waals surface area (Å²) < 4.78 is 29.4. The van der Waals surface area contributed by atoms with Crippen LogP contribution >= 0.6 is 11.8 Å². The number of aliphatic hydroxyl groups excluding tert-OH is 2. The number of likely N-dealkylation sites (tertiary alicyclic amines) is 2. The van der Waals surface area contributed by atoms with E-state index in [9.17, 15) is 72.4 Å². The predicted molar refractivity (Wildman–Crippen MR) is 468 cm³/mol. The van der Waals surface area contributed by atoms with Crippen molar-refractivity contribution in [2.45, 2.75) is 210 Å². The quantitative estimate of drug-likeness (QED) is 0.0193. The minimum Gasteiger partial charge on any atom is -0.508 e. The molecule has 36 heteroatoms. The number of unbranched alkanes of at least 4 members (excludes halogenated alkanes) is 1. The monoisotopic (exact) mass is 1780 g/mol. The van der Waals surface area contributed by atoms with Crippen LogP contribution in [-0.4, -0.2) is 270 Å². The number of Topliss-reactive ketones (excluding diaryl/α,β-unsaturated/α-hetero) is 1. The SMILES string of the molecule is CCCC[C@@H](C(=O)N1C[C@H](O)C[C@@H]1C(=O)N[C@H](C=O)CC(=O)O)N(C)C(=O)[C@H](Cc1ccccc1)N(C)C(=O)[C@H](Cc1ccc(F)c(F)c1)NC(=O)CSCCNC(=O)[C@H](CC(C)C)NC(=O)[C@H](Cc1ccc(O)cc1)NC(=O)[C@H](Cc1c[nH]c2ccccc12)NC(=O)[C@H]1C[C@@H](O)CN1C(=O)[C@H](CCC(N)=O)CC(=O)[C@H](Cc1ccccc1)N(C)C(=O)[C@@H](N)C(C)C. The number of aldehydes is 1. The number of benzene rings is 5. The van der Waals surface area contributed by atoms with E-state index in [4.69, 9.17) is 11.5 Å². The number of phenolic OH excluding ortho intramolecular Hbond substituents is 1. The van der Waals surface area contributed by atoms with Crippen LogP contribution in [0.3, 0.4) is 0 Å². The molecule has 33 nitrogen and oxygen atoms in total. The number of halogens is 2. The van der Waals surface area contributed by atoms with E-state index in [1.807, 2.05) is 6.92 Å². The number of aliphatic carboxylic acids is 1. The van der Waals surface area contributed by atoms with Crippen LogP contribution < -0.4 is 43.4 Å². The second-order valence-electron chi connectivity index (χ2n) is 33.4. The lowest BCUT2D eigenvalue weighted by molar-refractivity contribution is -0.152. The summed E-state index contributed by atoms with van der Waals surface area (Å²) in [4.78, 5) is 221. The molecule has 686 valence electrons. The van der Waals surface area contributed by atoms with Crippen LogP contribution in [0.5, 0.6) is 5.75 Å². The maximum absolute atomic E-state index is 15.3. The largest absolute Gasteiger partial charge is 0.508 e. The van der Waals surface area contributed by atoms with E-state index in [1.54, 1.807) is 119 Å². The van der Waals surface area contributed by atoms with Crippen molar-refractivity contribution in [3.63, 3.8) is 0 Å². The molecular weight excluding hydrogens is 1660 g/mol. The standard InChI is InChI=1S/C91H118F2N14O19S/c1-9-10-25-72(90(125)107-49-63(111)45-74(107)85(120)98-60(50-108)44-80(115)116)103(6)89(124)76(41-55-21-15-12-16-22-55)105(8)88(123)71(39-57-28-32-65(92)66(93)37-57)99-79(114)51-127-35-34-96-82(117)68(36-52(2)3)100-83(118)69(38-56-26-30-61(109)31-27-56)101-84(119)70(42-59-47-97-67-24-18-17-23-64(59)67)102-86(121)75-46-62(110)48-106(75)87(122)58(29-33-78(94)113)43-77(112)73(40-54-19-13-11-14-20-54)104(7)91(126)81(95)53(4)5/h11-24,26-28,30-32,37,47,50,52-53,58,60,62-63,68-76,81,97,109-111H,9-10,25,29,33-36,38-46,48-49,51,95H2,1-8H3,(H2,94,113)(H,96,117)(H,98,120)(H,99,114)(H,100,118)(H,101,119)(H,102,121)(H,115,116)/t58-,60+,62-,63-,68+,69+,70+,71+,72+,73+,74-,75-,76+,81+/m1/s1. The topological polar surface area (TPSA) is 493 Å². The van der Waals surface area contributed by atoms with Gasteiger partial charge in [-0.2, -0.15) is 11.8 Å². The Morgan fingerprint density at radius 3 is 1.72 bits per heavy atom. The molecular formula is C91H118F2N14O19S. The average molecular weight is 1780 g/mol. The normalized spacial score (nSPS) is 17.3. The number of aromatic nitrogens is 1. The molecule has 2 aliphatic heterocycles. The lowest BCUT2D eigenvalue weighted by Crippen LogP contribution is -2.59. The van der Waals surface area contributed by atoms with E-state index in [1.165, 1.54) is 56.4 Å². The van der Waals surface area contributed by atoms with Gasteiger partial charge >= 0.3 is 5.97 Å². The fraction of sp³-hybridized carbons (Fsp3) is 0.484. The molecule has 2 aliphatic rings. The van der Waals surface area contributed by atoms with Gasteiger partial charge in [-0.05, 0) is 95.7 Å². The minimum atomic E-state index is -1.57. The minimum absolute atomic E-state index is 0.0319. The number of rotatable bonds is 48. The van der Waals surface area contributed by atoms with Crippen LogP contribution in [0.25, 0.3) is 10.9 Å². The number of nitrogens with two attached hydrogens (primary N) is 2. The molecule has 0 unspecified atom stereocenters. The van der Waals surface area contributed by atoms with Crippen LogP contribution in [-0.2, 0) is 104 Å². The highest BCUT2D eigenvalue weighted by Crippen LogP contribution is 2.30. The van der Waals surface area contributed by atoms with Crippen LogP contribution in [0.4, 0.5) is 8.78 Å². The first kappa shape index (κ1) is 100. The first-order valence-electron chi connectivity index (χ1n) is 42.6. The maximum Gasteiger partial charge on any atom is 0.305 e.